The first-order chi connectivity index (χ1) is 9.11. The van der Waals surface area contributed by atoms with Crippen LogP contribution in [0.4, 0.5) is 10.5 Å². The normalized spacial score (nSPS) is 19.3. The zero-order valence-corrected chi connectivity index (χ0v) is 11.8. The molecule has 19 heavy (non-hydrogen) atoms. The van der Waals surface area contributed by atoms with E-state index in [1.165, 1.54) is 6.42 Å². The average Bonchev–Trinajstić information content (AvgIpc) is 2.45. The first kappa shape index (κ1) is 13.9. The van der Waals surface area contributed by atoms with E-state index in [-0.39, 0.29) is 6.03 Å². The third kappa shape index (κ3) is 3.26. The van der Waals surface area contributed by atoms with E-state index in [2.05, 4.69) is 6.92 Å². The highest BCUT2D eigenvalue weighted by Crippen LogP contribution is 2.20. The van der Waals surface area contributed by atoms with E-state index in [1.54, 1.807) is 4.90 Å². The highest BCUT2D eigenvalue weighted by atomic mass is 16.2. The Labute approximate surface area is 115 Å². The zero-order valence-electron chi connectivity index (χ0n) is 11.8. The number of hydrogen-bond acceptors (Lipinski definition) is 2. The Morgan fingerprint density at radius 1 is 1.53 bits per heavy atom. The molecule has 0 spiro atoms. The maximum absolute atomic E-state index is 12.5. The molecule has 1 fully saturated rings. The quantitative estimate of drug-likeness (QED) is 0.889. The fourth-order valence-electron chi connectivity index (χ4n) is 2.58. The molecule has 0 aliphatic carbocycles. The molecule has 4 nitrogen and oxygen atoms in total. The number of urea groups is 1. The first-order valence-electron chi connectivity index (χ1n) is 6.93. The molecule has 1 aliphatic rings. The second-order valence-corrected chi connectivity index (χ2v) is 5.41. The highest BCUT2D eigenvalue weighted by Gasteiger charge is 2.24. The molecule has 1 heterocycles. The number of hydrogen-bond donors (Lipinski definition) is 1. The Hall–Kier alpha value is -1.55. The van der Waals surface area contributed by atoms with Crippen LogP contribution in [0.1, 0.15) is 25.3 Å². The fourth-order valence-corrected chi connectivity index (χ4v) is 2.58. The number of amides is 2. The number of benzene rings is 1. The largest absolute Gasteiger partial charge is 0.326 e. The second kappa shape index (κ2) is 6.06. The van der Waals surface area contributed by atoms with E-state index >= 15 is 0 Å². The number of carbonyl (C=O) groups is 1. The SMILES string of the molecule is CC1CCCN(C(=O)N(C)c2cccc(CN)c2)C1. The third-order valence-corrected chi connectivity index (χ3v) is 3.75. The smallest absolute Gasteiger partial charge is 0.324 e. The molecule has 0 bridgehead atoms. The van der Waals surface area contributed by atoms with Crippen LogP contribution < -0.4 is 10.6 Å². The summed E-state index contributed by atoms with van der Waals surface area (Å²) >= 11 is 0. The minimum absolute atomic E-state index is 0.0840. The maximum Gasteiger partial charge on any atom is 0.324 e. The lowest BCUT2D eigenvalue weighted by atomic mass is 10.0. The Bertz CT molecular complexity index is 447. The fraction of sp³-hybridized carbons (Fsp3) is 0.533. The van der Waals surface area contributed by atoms with Crippen LogP contribution in [0.15, 0.2) is 24.3 Å². The average molecular weight is 261 g/mol. The van der Waals surface area contributed by atoms with E-state index in [0.29, 0.717) is 12.5 Å². The van der Waals surface area contributed by atoms with Crippen molar-refractivity contribution in [2.24, 2.45) is 11.7 Å². The van der Waals surface area contributed by atoms with E-state index in [1.807, 2.05) is 36.2 Å². The summed E-state index contributed by atoms with van der Waals surface area (Å²) in [5.41, 5.74) is 7.60. The lowest BCUT2D eigenvalue weighted by molar-refractivity contribution is 0.177. The number of anilines is 1. The molecule has 2 amide bonds. The molecule has 2 N–H and O–H groups in total. The summed E-state index contributed by atoms with van der Waals surface area (Å²) in [5.74, 6) is 0.599. The van der Waals surface area contributed by atoms with Crippen molar-refractivity contribution >= 4 is 11.7 Å². The topological polar surface area (TPSA) is 49.6 Å². The van der Waals surface area contributed by atoms with Crippen molar-refractivity contribution < 1.29 is 4.79 Å². The van der Waals surface area contributed by atoms with E-state index in [0.717, 1.165) is 30.8 Å². The highest BCUT2D eigenvalue weighted by molar-refractivity contribution is 5.91. The predicted octanol–water partition coefficient (Wildman–Crippen LogP) is 2.43. The summed E-state index contributed by atoms with van der Waals surface area (Å²) in [7, 11) is 1.83. The molecule has 2 rings (SSSR count). The number of nitrogens with zero attached hydrogens (tertiary/aromatic N) is 2. The molecule has 1 unspecified atom stereocenters. The zero-order chi connectivity index (χ0) is 13.8. The molecule has 1 aromatic carbocycles. The van der Waals surface area contributed by atoms with Gasteiger partial charge in [-0.3, -0.25) is 4.90 Å². The lowest BCUT2D eigenvalue weighted by Crippen LogP contribution is -2.45. The molecule has 104 valence electrons. The van der Waals surface area contributed by atoms with Crippen LogP contribution in [0.25, 0.3) is 0 Å². The van der Waals surface area contributed by atoms with Gasteiger partial charge in [0.25, 0.3) is 0 Å². The summed E-state index contributed by atoms with van der Waals surface area (Å²) in [6.07, 6.45) is 2.32. The van der Waals surface area contributed by atoms with E-state index in [4.69, 9.17) is 5.73 Å². The van der Waals surface area contributed by atoms with Crippen molar-refractivity contribution in [1.29, 1.82) is 0 Å². The van der Waals surface area contributed by atoms with Crippen LogP contribution >= 0.6 is 0 Å². The monoisotopic (exact) mass is 261 g/mol. The second-order valence-electron chi connectivity index (χ2n) is 5.41. The molecule has 0 aromatic heterocycles. The van der Waals surface area contributed by atoms with E-state index < -0.39 is 0 Å². The van der Waals surface area contributed by atoms with Crippen LogP contribution in [0.2, 0.25) is 0 Å². The van der Waals surface area contributed by atoms with Crippen molar-refractivity contribution in [2.75, 3.05) is 25.0 Å². The van der Waals surface area contributed by atoms with Crippen molar-refractivity contribution in [3.8, 4) is 0 Å². The molecule has 1 saturated heterocycles. The Kier molecular flexibility index (Phi) is 4.43. The number of rotatable bonds is 2. The first-order valence-corrected chi connectivity index (χ1v) is 6.93. The van der Waals surface area contributed by atoms with Gasteiger partial charge in [0, 0.05) is 32.4 Å². The van der Waals surface area contributed by atoms with Gasteiger partial charge in [-0.2, -0.15) is 0 Å². The summed E-state index contributed by atoms with van der Waals surface area (Å²) < 4.78 is 0. The van der Waals surface area contributed by atoms with Gasteiger partial charge in [0.1, 0.15) is 0 Å². The molecular formula is C15H23N3O. The van der Waals surface area contributed by atoms with Gasteiger partial charge < -0.3 is 10.6 Å². The number of nitrogens with two attached hydrogens (primary N) is 1. The van der Waals surface area contributed by atoms with Gasteiger partial charge in [0.15, 0.2) is 0 Å². The number of carbonyl (C=O) groups excluding carboxylic acids is 1. The lowest BCUT2D eigenvalue weighted by Gasteiger charge is -2.34. The molecule has 1 atom stereocenters. The summed E-state index contributed by atoms with van der Waals surface area (Å²) in [6.45, 7) is 4.43. The third-order valence-electron chi connectivity index (χ3n) is 3.75. The van der Waals surface area contributed by atoms with Gasteiger partial charge >= 0.3 is 6.03 Å². The Morgan fingerprint density at radius 3 is 3.00 bits per heavy atom. The van der Waals surface area contributed by atoms with Crippen LogP contribution in [0, 0.1) is 5.92 Å². The number of piperidine rings is 1. The van der Waals surface area contributed by atoms with Crippen LogP contribution in [0.3, 0.4) is 0 Å². The minimum Gasteiger partial charge on any atom is -0.326 e. The van der Waals surface area contributed by atoms with Crippen molar-refractivity contribution in [1.82, 2.24) is 4.90 Å². The van der Waals surface area contributed by atoms with Gasteiger partial charge in [-0.25, -0.2) is 4.79 Å². The van der Waals surface area contributed by atoms with Crippen molar-refractivity contribution in [3.63, 3.8) is 0 Å². The van der Waals surface area contributed by atoms with Crippen molar-refractivity contribution in [3.05, 3.63) is 29.8 Å². The van der Waals surface area contributed by atoms with E-state index in [9.17, 15) is 4.79 Å². The van der Waals surface area contributed by atoms with Gasteiger partial charge in [0.05, 0.1) is 0 Å². The van der Waals surface area contributed by atoms with Gasteiger partial charge in [-0.05, 0) is 36.5 Å². The maximum atomic E-state index is 12.5. The molecular weight excluding hydrogens is 238 g/mol. The summed E-state index contributed by atoms with van der Waals surface area (Å²) in [4.78, 5) is 16.1. The van der Waals surface area contributed by atoms with Gasteiger partial charge in [-0.15, -0.1) is 0 Å². The Morgan fingerprint density at radius 2 is 2.32 bits per heavy atom. The Balaban J connectivity index is 2.09. The van der Waals surface area contributed by atoms with Crippen LogP contribution in [-0.4, -0.2) is 31.1 Å². The number of likely N-dealkylation sites (tertiary alicyclic amines) is 1. The summed E-state index contributed by atoms with van der Waals surface area (Å²) in [5, 5.41) is 0. The minimum atomic E-state index is 0.0840. The van der Waals surface area contributed by atoms with Gasteiger partial charge in [0.2, 0.25) is 0 Å². The molecule has 0 radical (unpaired) electrons. The van der Waals surface area contributed by atoms with Crippen LogP contribution in [-0.2, 0) is 6.54 Å². The molecule has 4 heteroatoms. The van der Waals surface area contributed by atoms with Gasteiger partial charge in [-0.1, -0.05) is 19.1 Å². The predicted molar refractivity (Wildman–Crippen MR) is 78.1 cm³/mol. The van der Waals surface area contributed by atoms with Crippen molar-refractivity contribution in [2.45, 2.75) is 26.3 Å². The van der Waals surface area contributed by atoms with Crippen LogP contribution in [0.5, 0.6) is 0 Å². The molecule has 1 aromatic rings. The summed E-state index contributed by atoms with van der Waals surface area (Å²) in [6, 6.07) is 7.93. The molecule has 1 aliphatic heterocycles. The molecule has 0 saturated carbocycles. The standard InChI is InChI=1S/C15H23N3O/c1-12-5-4-8-18(11-12)15(19)17(2)14-7-3-6-13(9-14)10-16/h3,6-7,9,12H,4-5,8,10-11,16H2,1-2H3.